The van der Waals surface area contributed by atoms with Crippen LogP contribution in [0.25, 0.3) is 0 Å². The highest BCUT2D eigenvalue weighted by molar-refractivity contribution is 5.58. The molecule has 1 aliphatic rings. The highest BCUT2D eigenvalue weighted by Crippen LogP contribution is 2.24. The highest BCUT2D eigenvalue weighted by Gasteiger charge is 2.13. The SMILES string of the molecule is CNc1ccnc(Nc2ccc(OC)c(CNC[C@H]3CCCN3)c2)n1. The summed E-state index contributed by atoms with van der Waals surface area (Å²) in [6.07, 6.45) is 4.23. The van der Waals surface area contributed by atoms with E-state index in [0.29, 0.717) is 12.0 Å². The zero-order valence-electron chi connectivity index (χ0n) is 14.8. The third-order valence-electron chi connectivity index (χ3n) is 4.32. The molecule has 0 saturated carbocycles. The maximum absolute atomic E-state index is 5.48. The molecule has 0 aliphatic carbocycles. The predicted molar refractivity (Wildman–Crippen MR) is 101 cm³/mol. The number of rotatable bonds is 8. The van der Waals surface area contributed by atoms with E-state index in [2.05, 4.69) is 37.3 Å². The molecule has 0 spiro atoms. The van der Waals surface area contributed by atoms with Gasteiger partial charge in [-0.25, -0.2) is 4.98 Å². The average molecular weight is 342 g/mol. The van der Waals surface area contributed by atoms with Crippen LogP contribution < -0.4 is 26.0 Å². The quantitative estimate of drug-likeness (QED) is 0.585. The summed E-state index contributed by atoms with van der Waals surface area (Å²) in [7, 11) is 3.53. The van der Waals surface area contributed by atoms with E-state index in [1.54, 1.807) is 13.3 Å². The highest BCUT2D eigenvalue weighted by atomic mass is 16.5. The van der Waals surface area contributed by atoms with Crippen LogP contribution in [0.4, 0.5) is 17.5 Å². The lowest BCUT2D eigenvalue weighted by molar-refractivity contribution is 0.407. The fourth-order valence-corrected chi connectivity index (χ4v) is 2.99. The van der Waals surface area contributed by atoms with Crippen LogP contribution in [-0.4, -0.2) is 43.3 Å². The van der Waals surface area contributed by atoms with Crippen molar-refractivity contribution < 1.29 is 4.74 Å². The van der Waals surface area contributed by atoms with E-state index in [4.69, 9.17) is 4.74 Å². The molecule has 1 aliphatic heterocycles. The summed E-state index contributed by atoms with van der Waals surface area (Å²) in [4.78, 5) is 8.64. The van der Waals surface area contributed by atoms with Crippen molar-refractivity contribution >= 4 is 17.5 Å². The van der Waals surface area contributed by atoms with Crippen LogP contribution in [0.3, 0.4) is 0 Å². The second-order valence-electron chi connectivity index (χ2n) is 6.09. The van der Waals surface area contributed by atoms with Gasteiger partial charge in [0.2, 0.25) is 5.95 Å². The smallest absolute Gasteiger partial charge is 0.229 e. The van der Waals surface area contributed by atoms with E-state index in [1.165, 1.54) is 12.8 Å². The normalized spacial score (nSPS) is 16.6. The van der Waals surface area contributed by atoms with Crippen molar-refractivity contribution in [3.8, 4) is 5.75 Å². The molecule has 0 unspecified atom stereocenters. The lowest BCUT2D eigenvalue weighted by Crippen LogP contribution is -2.33. The molecule has 4 N–H and O–H groups in total. The standard InChI is InChI=1S/C18H26N6O/c1-19-17-7-9-22-18(24-17)23-14-5-6-16(25-2)13(10-14)11-20-12-15-4-3-8-21-15/h5-7,9-10,15,20-21H,3-4,8,11-12H2,1-2H3,(H2,19,22,23,24)/t15-/m1/s1. The maximum Gasteiger partial charge on any atom is 0.229 e. The van der Waals surface area contributed by atoms with Gasteiger partial charge in [-0.15, -0.1) is 0 Å². The Labute approximate surface area is 148 Å². The van der Waals surface area contributed by atoms with E-state index in [0.717, 1.165) is 42.5 Å². The van der Waals surface area contributed by atoms with Crippen molar-refractivity contribution in [2.24, 2.45) is 0 Å². The van der Waals surface area contributed by atoms with Crippen LogP contribution in [0.2, 0.25) is 0 Å². The number of anilines is 3. The number of aromatic nitrogens is 2. The summed E-state index contributed by atoms with van der Waals surface area (Å²) in [5, 5.41) is 13.3. The monoisotopic (exact) mass is 342 g/mol. The van der Waals surface area contributed by atoms with Gasteiger partial charge in [-0.3, -0.25) is 0 Å². The molecule has 2 aromatic rings. The number of hydrogen-bond donors (Lipinski definition) is 4. The Balaban J connectivity index is 1.65. The number of benzene rings is 1. The zero-order chi connectivity index (χ0) is 17.5. The summed E-state index contributed by atoms with van der Waals surface area (Å²) in [5.41, 5.74) is 2.04. The van der Waals surface area contributed by atoms with E-state index >= 15 is 0 Å². The van der Waals surface area contributed by atoms with Crippen LogP contribution in [0.5, 0.6) is 5.75 Å². The Morgan fingerprint density at radius 3 is 3.00 bits per heavy atom. The van der Waals surface area contributed by atoms with E-state index in [9.17, 15) is 0 Å². The molecule has 7 heteroatoms. The Bertz CT molecular complexity index is 687. The Kier molecular flexibility index (Phi) is 6.03. The number of ether oxygens (including phenoxy) is 1. The molecule has 1 saturated heterocycles. The molecule has 7 nitrogen and oxygen atoms in total. The molecule has 0 bridgehead atoms. The van der Waals surface area contributed by atoms with Gasteiger partial charge in [0.15, 0.2) is 0 Å². The van der Waals surface area contributed by atoms with E-state index < -0.39 is 0 Å². The molecule has 134 valence electrons. The molecular weight excluding hydrogens is 316 g/mol. The molecule has 0 radical (unpaired) electrons. The van der Waals surface area contributed by atoms with Gasteiger partial charge in [0, 0.05) is 43.6 Å². The number of hydrogen-bond acceptors (Lipinski definition) is 7. The largest absolute Gasteiger partial charge is 0.496 e. The molecule has 3 rings (SSSR count). The Morgan fingerprint density at radius 1 is 1.32 bits per heavy atom. The number of methoxy groups -OCH3 is 1. The summed E-state index contributed by atoms with van der Waals surface area (Å²) in [6.45, 7) is 2.85. The Hall–Kier alpha value is -2.38. The molecule has 1 atom stereocenters. The minimum atomic E-state index is 0.561. The van der Waals surface area contributed by atoms with Crippen molar-refractivity contribution in [1.29, 1.82) is 0 Å². The Morgan fingerprint density at radius 2 is 2.24 bits per heavy atom. The van der Waals surface area contributed by atoms with E-state index in [-0.39, 0.29) is 0 Å². The summed E-state index contributed by atoms with van der Waals surface area (Å²) in [6, 6.07) is 8.41. The third-order valence-corrected chi connectivity index (χ3v) is 4.32. The van der Waals surface area contributed by atoms with Gasteiger partial charge in [0.1, 0.15) is 11.6 Å². The first-order chi connectivity index (χ1) is 12.3. The van der Waals surface area contributed by atoms with Crippen LogP contribution in [0.15, 0.2) is 30.5 Å². The van der Waals surface area contributed by atoms with Crippen LogP contribution in [-0.2, 0) is 6.54 Å². The van der Waals surface area contributed by atoms with E-state index in [1.807, 2.05) is 25.2 Å². The van der Waals surface area contributed by atoms with Crippen molar-refractivity contribution in [1.82, 2.24) is 20.6 Å². The minimum absolute atomic E-state index is 0.561. The first kappa shape index (κ1) is 17.4. The molecule has 2 heterocycles. The van der Waals surface area contributed by atoms with Crippen LogP contribution in [0, 0.1) is 0 Å². The van der Waals surface area contributed by atoms with Gasteiger partial charge in [-0.05, 0) is 43.7 Å². The van der Waals surface area contributed by atoms with Crippen molar-refractivity contribution in [3.63, 3.8) is 0 Å². The van der Waals surface area contributed by atoms with Gasteiger partial charge in [0.05, 0.1) is 7.11 Å². The molecule has 1 fully saturated rings. The molecule has 1 aromatic carbocycles. The summed E-state index contributed by atoms with van der Waals surface area (Å²) >= 11 is 0. The lowest BCUT2D eigenvalue weighted by Gasteiger charge is -2.15. The van der Waals surface area contributed by atoms with Gasteiger partial charge in [-0.1, -0.05) is 0 Å². The fourth-order valence-electron chi connectivity index (χ4n) is 2.99. The zero-order valence-corrected chi connectivity index (χ0v) is 14.8. The predicted octanol–water partition coefficient (Wildman–Crippen LogP) is 2.11. The summed E-state index contributed by atoms with van der Waals surface area (Å²) in [5.74, 6) is 2.21. The van der Waals surface area contributed by atoms with Gasteiger partial charge < -0.3 is 26.0 Å². The van der Waals surface area contributed by atoms with Crippen LogP contribution >= 0.6 is 0 Å². The fraction of sp³-hybridized carbons (Fsp3) is 0.444. The summed E-state index contributed by atoms with van der Waals surface area (Å²) < 4.78 is 5.48. The van der Waals surface area contributed by atoms with Gasteiger partial charge in [-0.2, -0.15) is 4.98 Å². The second kappa shape index (κ2) is 8.64. The van der Waals surface area contributed by atoms with Gasteiger partial charge >= 0.3 is 0 Å². The second-order valence-corrected chi connectivity index (χ2v) is 6.09. The average Bonchev–Trinajstić information content (AvgIpc) is 3.16. The van der Waals surface area contributed by atoms with Crippen LogP contribution in [0.1, 0.15) is 18.4 Å². The third kappa shape index (κ3) is 4.80. The van der Waals surface area contributed by atoms with Crippen molar-refractivity contribution in [2.45, 2.75) is 25.4 Å². The van der Waals surface area contributed by atoms with Gasteiger partial charge in [0.25, 0.3) is 0 Å². The molecule has 0 amide bonds. The number of nitrogens with one attached hydrogen (secondary N) is 4. The molecule has 25 heavy (non-hydrogen) atoms. The maximum atomic E-state index is 5.48. The molecular formula is C18H26N6O. The molecule has 1 aromatic heterocycles. The lowest BCUT2D eigenvalue weighted by atomic mass is 10.1. The van der Waals surface area contributed by atoms with Crippen molar-refractivity contribution in [3.05, 3.63) is 36.0 Å². The topological polar surface area (TPSA) is 83.1 Å². The first-order valence-corrected chi connectivity index (χ1v) is 8.67. The van der Waals surface area contributed by atoms with Crippen molar-refractivity contribution in [2.75, 3.05) is 37.9 Å². The first-order valence-electron chi connectivity index (χ1n) is 8.67. The number of nitrogens with zero attached hydrogens (tertiary/aromatic N) is 2. The minimum Gasteiger partial charge on any atom is -0.496 e.